The molecule has 3 aromatic carbocycles. The molecule has 0 amide bonds. The van der Waals surface area contributed by atoms with Gasteiger partial charge in [-0.25, -0.2) is 9.36 Å². The Morgan fingerprint density at radius 2 is 1.65 bits per heavy atom. The van der Waals surface area contributed by atoms with E-state index in [1.807, 2.05) is 30.3 Å². The zero-order valence-corrected chi connectivity index (χ0v) is 14.8. The Kier molecular flexibility index (Phi) is 3.90. The van der Waals surface area contributed by atoms with Gasteiger partial charge in [0.1, 0.15) is 5.75 Å². The first-order chi connectivity index (χ1) is 12.5. The molecule has 0 fully saturated rings. The second kappa shape index (κ2) is 6.12. The summed E-state index contributed by atoms with van der Waals surface area (Å²) in [6.07, 6.45) is 0. The first kappa shape index (κ1) is 16.6. The summed E-state index contributed by atoms with van der Waals surface area (Å²) in [5.74, 6) is -0.669. The Labute approximate surface area is 157 Å². The van der Waals surface area contributed by atoms with Gasteiger partial charge in [-0.3, -0.25) is 0 Å². The van der Waals surface area contributed by atoms with Crippen LogP contribution in [0.2, 0.25) is 10.0 Å². The molecule has 0 radical (unpaired) electrons. The van der Waals surface area contributed by atoms with E-state index >= 15 is 0 Å². The molecule has 1 aromatic heterocycles. The lowest BCUT2D eigenvalue weighted by Crippen LogP contribution is -2.13. The number of nitrogens with two attached hydrogens (primary N) is 1. The number of aromatic hydroxyl groups is 1. The fraction of sp³-hybridized carbons (Fsp3) is 0. The van der Waals surface area contributed by atoms with Crippen molar-refractivity contribution in [2.45, 2.75) is 0 Å². The minimum Gasteiger partial charge on any atom is -0.507 e. The maximum absolute atomic E-state index is 12.5. The lowest BCUT2D eigenvalue weighted by Gasteiger charge is -2.10. The number of phenolic OH excluding ortho intramolecular Hbond substituents is 1. The van der Waals surface area contributed by atoms with E-state index in [-0.39, 0.29) is 27.1 Å². The first-order valence-electron chi connectivity index (χ1n) is 7.64. The Balaban J connectivity index is 2.06. The van der Waals surface area contributed by atoms with Gasteiger partial charge in [-0.1, -0.05) is 53.5 Å². The van der Waals surface area contributed by atoms with Crippen molar-refractivity contribution in [2.75, 3.05) is 5.73 Å². The molecule has 4 aromatic rings. The van der Waals surface area contributed by atoms with Crippen LogP contribution in [0.25, 0.3) is 27.9 Å². The van der Waals surface area contributed by atoms with Crippen molar-refractivity contribution in [3.05, 3.63) is 75.2 Å². The van der Waals surface area contributed by atoms with E-state index in [0.717, 1.165) is 5.56 Å². The van der Waals surface area contributed by atoms with Gasteiger partial charge in [0.25, 0.3) is 0 Å². The van der Waals surface area contributed by atoms with Gasteiger partial charge in [-0.05, 0) is 23.8 Å². The average molecular weight is 387 g/mol. The number of hydrogen-bond donors (Lipinski definition) is 2. The van der Waals surface area contributed by atoms with Crippen LogP contribution in [0.15, 0.2) is 63.8 Å². The smallest absolute Gasteiger partial charge is 0.424 e. The highest BCUT2D eigenvalue weighted by atomic mass is 35.5. The van der Waals surface area contributed by atoms with E-state index in [4.69, 9.17) is 33.4 Å². The SMILES string of the molecule is Nc1cc(Cl)c(-n2c(=O)oc3cc(O)c(-c4ccccc4)cc32)c(Cl)c1. The Morgan fingerprint density at radius 3 is 2.31 bits per heavy atom. The van der Waals surface area contributed by atoms with Crippen LogP contribution >= 0.6 is 23.2 Å². The van der Waals surface area contributed by atoms with Crippen molar-refractivity contribution in [1.82, 2.24) is 4.57 Å². The molecule has 130 valence electrons. The van der Waals surface area contributed by atoms with E-state index < -0.39 is 5.76 Å². The molecule has 5 nitrogen and oxygen atoms in total. The normalized spacial score (nSPS) is 11.2. The molecule has 3 N–H and O–H groups in total. The van der Waals surface area contributed by atoms with Crippen LogP contribution in [-0.2, 0) is 0 Å². The van der Waals surface area contributed by atoms with Gasteiger partial charge >= 0.3 is 5.76 Å². The minimum atomic E-state index is -0.668. The number of oxazole rings is 1. The topological polar surface area (TPSA) is 81.4 Å². The summed E-state index contributed by atoms with van der Waals surface area (Å²) >= 11 is 12.5. The number of rotatable bonds is 2. The van der Waals surface area contributed by atoms with Crippen LogP contribution in [0.1, 0.15) is 0 Å². The molecule has 0 unspecified atom stereocenters. The molecular weight excluding hydrogens is 375 g/mol. The highest BCUT2D eigenvalue weighted by molar-refractivity contribution is 6.38. The second-order valence-corrected chi connectivity index (χ2v) is 6.55. The molecule has 0 spiro atoms. The van der Waals surface area contributed by atoms with Crippen LogP contribution < -0.4 is 11.5 Å². The second-order valence-electron chi connectivity index (χ2n) is 5.74. The van der Waals surface area contributed by atoms with E-state index in [9.17, 15) is 9.90 Å². The van der Waals surface area contributed by atoms with E-state index in [1.165, 1.54) is 22.8 Å². The third-order valence-corrected chi connectivity index (χ3v) is 4.62. The summed E-state index contributed by atoms with van der Waals surface area (Å²) in [7, 11) is 0. The molecule has 0 atom stereocenters. The standard InChI is InChI=1S/C19H12Cl2N2O3/c20-13-6-11(22)7-14(21)18(13)23-15-8-12(10-4-2-1-3-5-10)16(24)9-17(15)26-19(23)25/h1-9,24H,22H2. The molecule has 26 heavy (non-hydrogen) atoms. The van der Waals surface area contributed by atoms with Crippen molar-refractivity contribution in [1.29, 1.82) is 0 Å². The summed E-state index contributed by atoms with van der Waals surface area (Å²) in [5, 5.41) is 10.8. The summed E-state index contributed by atoms with van der Waals surface area (Å²) in [4.78, 5) is 12.5. The number of benzene rings is 3. The van der Waals surface area contributed by atoms with Crippen LogP contribution in [-0.4, -0.2) is 9.67 Å². The molecule has 0 bridgehead atoms. The van der Waals surface area contributed by atoms with Crippen molar-refractivity contribution >= 4 is 40.0 Å². The summed E-state index contributed by atoms with van der Waals surface area (Å²) < 4.78 is 6.53. The molecule has 0 aliphatic rings. The first-order valence-corrected chi connectivity index (χ1v) is 8.40. The van der Waals surface area contributed by atoms with Gasteiger partial charge in [-0.2, -0.15) is 0 Å². The number of hydrogen-bond acceptors (Lipinski definition) is 4. The van der Waals surface area contributed by atoms with E-state index in [2.05, 4.69) is 0 Å². The van der Waals surface area contributed by atoms with E-state index in [1.54, 1.807) is 6.07 Å². The lowest BCUT2D eigenvalue weighted by atomic mass is 10.0. The molecule has 4 rings (SSSR count). The third-order valence-electron chi connectivity index (χ3n) is 4.05. The molecule has 7 heteroatoms. The zero-order valence-electron chi connectivity index (χ0n) is 13.2. The summed E-state index contributed by atoms with van der Waals surface area (Å²) in [5.41, 5.74) is 8.39. The van der Waals surface area contributed by atoms with Gasteiger partial charge in [0.05, 0.1) is 21.2 Å². The monoisotopic (exact) mass is 386 g/mol. The Hall–Kier alpha value is -2.89. The zero-order chi connectivity index (χ0) is 18.4. The molecule has 0 aliphatic heterocycles. The number of phenols is 1. The minimum absolute atomic E-state index is 0.000833. The van der Waals surface area contributed by atoms with Crippen LogP contribution in [0.4, 0.5) is 5.69 Å². The fourth-order valence-corrected chi connectivity index (χ4v) is 3.58. The van der Waals surface area contributed by atoms with Gasteiger partial charge in [0.2, 0.25) is 0 Å². The number of nitrogens with zero attached hydrogens (tertiary/aromatic N) is 1. The van der Waals surface area contributed by atoms with Crippen molar-refractivity contribution in [3.63, 3.8) is 0 Å². The lowest BCUT2D eigenvalue weighted by molar-refractivity contribution is 0.475. The average Bonchev–Trinajstić information content (AvgIpc) is 2.89. The van der Waals surface area contributed by atoms with Crippen LogP contribution in [0.5, 0.6) is 5.75 Å². The molecule has 1 heterocycles. The predicted octanol–water partition coefficient (Wildman–Crippen LogP) is 4.85. The number of anilines is 1. The van der Waals surface area contributed by atoms with E-state index in [0.29, 0.717) is 16.8 Å². The highest BCUT2D eigenvalue weighted by Crippen LogP contribution is 2.37. The quantitative estimate of drug-likeness (QED) is 0.482. The summed E-state index contributed by atoms with van der Waals surface area (Å²) in [6.45, 7) is 0. The Morgan fingerprint density at radius 1 is 1.00 bits per heavy atom. The molecule has 0 saturated carbocycles. The molecule has 0 saturated heterocycles. The van der Waals surface area contributed by atoms with Gasteiger partial charge in [0, 0.05) is 17.3 Å². The number of nitrogen functional groups attached to an aromatic ring is 1. The maximum atomic E-state index is 12.5. The fourth-order valence-electron chi connectivity index (χ4n) is 2.91. The third kappa shape index (κ3) is 2.62. The van der Waals surface area contributed by atoms with Crippen molar-refractivity contribution in [3.8, 4) is 22.6 Å². The molecule has 0 aliphatic carbocycles. The van der Waals surface area contributed by atoms with Crippen LogP contribution in [0, 0.1) is 0 Å². The van der Waals surface area contributed by atoms with Gasteiger partial charge in [-0.15, -0.1) is 0 Å². The Bertz CT molecular complexity index is 1170. The number of aromatic nitrogens is 1. The highest BCUT2D eigenvalue weighted by Gasteiger charge is 2.19. The van der Waals surface area contributed by atoms with Gasteiger partial charge in [0.15, 0.2) is 5.58 Å². The van der Waals surface area contributed by atoms with Gasteiger partial charge < -0.3 is 15.3 Å². The van der Waals surface area contributed by atoms with Crippen molar-refractivity contribution in [2.24, 2.45) is 0 Å². The van der Waals surface area contributed by atoms with Crippen molar-refractivity contribution < 1.29 is 9.52 Å². The maximum Gasteiger partial charge on any atom is 0.424 e. The number of fused-ring (bicyclic) bond motifs is 1. The predicted molar refractivity (Wildman–Crippen MR) is 103 cm³/mol. The van der Waals surface area contributed by atoms with Crippen LogP contribution in [0.3, 0.4) is 0 Å². The summed E-state index contributed by atoms with van der Waals surface area (Å²) in [6, 6.07) is 15.4. The number of halogens is 2. The largest absolute Gasteiger partial charge is 0.507 e. The molecular formula is C19H12Cl2N2O3.